The van der Waals surface area contributed by atoms with Gasteiger partial charge >= 0.3 is 0 Å². The zero-order valence-electron chi connectivity index (χ0n) is 33.9. The molecule has 8 aliphatic heterocycles. The summed E-state index contributed by atoms with van der Waals surface area (Å²) in [7, 11) is 0. The van der Waals surface area contributed by atoms with Crippen molar-refractivity contribution in [1.82, 2.24) is 0 Å². The summed E-state index contributed by atoms with van der Waals surface area (Å²) < 4.78 is 0. The highest BCUT2D eigenvalue weighted by molar-refractivity contribution is 7.07. The average molecular weight is 809 g/mol. The molecule has 0 fully saturated rings. The van der Waals surface area contributed by atoms with Gasteiger partial charge in [-0.25, -0.2) is 0 Å². The van der Waals surface area contributed by atoms with Gasteiger partial charge in [0, 0.05) is 73.9 Å². The molecule has 2 N–H and O–H groups in total. The molecule has 8 heterocycles. The number of hydrogen-bond acceptors (Lipinski definition) is 5. The van der Waals surface area contributed by atoms with Gasteiger partial charge in [-0.15, -0.1) is 0 Å². The molecule has 64 heavy (non-hydrogen) atoms. The summed E-state index contributed by atoms with van der Waals surface area (Å²) in [6.07, 6.45) is 0. The predicted molar refractivity (Wildman–Crippen MR) is 275 cm³/mol. The van der Waals surface area contributed by atoms with Crippen LogP contribution >= 0.6 is 0 Å². The van der Waals surface area contributed by atoms with E-state index in [1.165, 1.54) is 139 Å². The van der Waals surface area contributed by atoms with Crippen molar-refractivity contribution in [3.05, 3.63) is 176 Å². The lowest BCUT2D eigenvalue weighted by Crippen LogP contribution is -2.71. The maximum atomic E-state index is 3.83. The maximum Gasteiger partial charge on any atom is 0.252 e. The van der Waals surface area contributed by atoms with E-state index in [0.717, 1.165) is 0 Å². The second-order valence-corrected chi connectivity index (χ2v) is 18.4. The molecule has 0 unspecified atom stereocenters. The van der Waals surface area contributed by atoms with Crippen molar-refractivity contribution in [3.63, 3.8) is 0 Å². The summed E-state index contributed by atoms with van der Waals surface area (Å²) in [5, 5.41) is 7.66. The monoisotopic (exact) mass is 809 g/mol. The van der Waals surface area contributed by atoms with E-state index in [0.29, 0.717) is 0 Å². The summed E-state index contributed by atoms with van der Waals surface area (Å²) in [5.41, 5.74) is 32.9. The number of nitrogens with zero attached hydrogens (tertiary/aromatic N) is 3. The molecule has 0 radical (unpaired) electrons. The fourth-order valence-electron chi connectivity index (χ4n) is 13.7. The normalized spacial score (nSPS) is 15.1. The summed E-state index contributed by atoms with van der Waals surface area (Å²) in [6.45, 7) is 0.423. The van der Waals surface area contributed by atoms with Gasteiger partial charge in [-0.3, -0.25) is 0 Å². The Morgan fingerprint density at radius 1 is 0.250 bits per heavy atom. The van der Waals surface area contributed by atoms with Gasteiger partial charge < -0.3 is 25.3 Å². The lowest BCUT2D eigenvalue weighted by atomic mass is 9.26. The van der Waals surface area contributed by atoms with Crippen molar-refractivity contribution in [2.24, 2.45) is 0 Å². The molecule has 0 aliphatic carbocycles. The Bertz CT molecular complexity index is 3450. The molecule has 0 atom stereocenters. The molecule has 0 spiro atoms. The molecule has 9 aromatic carbocycles. The topological polar surface area (TPSA) is 33.8 Å². The first-order valence-corrected chi connectivity index (χ1v) is 22.3. The number of nitrogens with one attached hydrogen (secondary N) is 2. The van der Waals surface area contributed by atoms with E-state index < -0.39 is 0 Å². The van der Waals surface area contributed by atoms with Crippen LogP contribution in [0.25, 0.3) is 0 Å². The van der Waals surface area contributed by atoms with Crippen LogP contribution in [0.2, 0.25) is 0 Å². The second kappa shape index (κ2) is 11.4. The van der Waals surface area contributed by atoms with E-state index in [1.807, 2.05) is 0 Å². The van der Waals surface area contributed by atoms with Crippen LogP contribution in [-0.2, 0) is 0 Å². The Morgan fingerprint density at radius 2 is 0.500 bits per heavy atom. The minimum absolute atomic E-state index is 0. The van der Waals surface area contributed by atoms with Crippen LogP contribution in [0.1, 0.15) is 7.43 Å². The number of anilines is 13. The van der Waals surface area contributed by atoms with Gasteiger partial charge in [0.05, 0.1) is 0 Å². The molecular weight excluding hydrogens is 774 g/mol. The van der Waals surface area contributed by atoms with Crippen LogP contribution < -0.4 is 90.9 Å². The summed E-state index contributed by atoms with van der Waals surface area (Å²) in [6, 6.07) is 67.2. The number of fused-ring (bicyclic) bond motifs is 16. The summed E-state index contributed by atoms with van der Waals surface area (Å²) in [4.78, 5) is 7.87. The van der Waals surface area contributed by atoms with Gasteiger partial charge in [-0.2, -0.15) is 0 Å². The number of rotatable bonds is 0. The Morgan fingerprint density at radius 3 is 0.859 bits per heavy atom. The van der Waals surface area contributed by atoms with Gasteiger partial charge in [-0.1, -0.05) is 123 Å². The Balaban J connectivity index is 0.00000367. The van der Waals surface area contributed by atoms with E-state index in [-0.39, 0.29) is 34.3 Å². The van der Waals surface area contributed by atoms with E-state index in [1.54, 1.807) is 0 Å². The Labute approximate surface area is 373 Å². The molecule has 8 aliphatic rings. The van der Waals surface area contributed by atoms with E-state index in [9.17, 15) is 0 Å². The highest BCUT2D eigenvalue weighted by atomic mass is 15.2. The number of benzene rings is 9. The molecule has 0 saturated carbocycles. The van der Waals surface area contributed by atoms with E-state index in [2.05, 4.69) is 201 Å². The van der Waals surface area contributed by atoms with Crippen molar-refractivity contribution in [3.8, 4) is 0 Å². The van der Waals surface area contributed by atoms with Crippen molar-refractivity contribution in [2.75, 3.05) is 25.3 Å². The minimum atomic E-state index is 0. The van der Waals surface area contributed by atoms with E-state index in [4.69, 9.17) is 0 Å². The molecule has 9 heteroatoms. The van der Waals surface area contributed by atoms with E-state index >= 15 is 0 Å². The third kappa shape index (κ3) is 3.69. The van der Waals surface area contributed by atoms with Crippen LogP contribution in [0.5, 0.6) is 0 Å². The van der Waals surface area contributed by atoms with Crippen LogP contribution in [0.4, 0.5) is 73.9 Å². The van der Waals surface area contributed by atoms with Crippen molar-refractivity contribution in [2.45, 2.75) is 7.43 Å². The smallest absolute Gasteiger partial charge is 0.252 e. The fraction of sp³-hybridized carbons (Fsp3) is 0.0182. The lowest BCUT2D eigenvalue weighted by molar-refractivity contribution is 1.25. The molecule has 9 aromatic rings. The van der Waals surface area contributed by atoms with Gasteiger partial charge in [0.25, 0.3) is 26.9 Å². The highest BCUT2D eigenvalue weighted by Gasteiger charge is 2.54. The zero-order chi connectivity index (χ0) is 40.4. The third-order valence-corrected chi connectivity index (χ3v) is 15.8. The van der Waals surface area contributed by atoms with Crippen molar-refractivity contribution in [1.29, 1.82) is 0 Å². The zero-order valence-corrected chi connectivity index (χ0v) is 33.9. The largest absolute Gasteiger partial charge is 0.356 e. The van der Waals surface area contributed by atoms with Gasteiger partial charge in [-0.05, 0) is 126 Å². The number of para-hydroxylation sites is 5. The average Bonchev–Trinajstić information content (AvgIpc) is 3.33. The minimum Gasteiger partial charge on any atom is -0.356 e. The molecular formula is C55H35B4N5. The highest BCUT2D eigenvalue weighted by Crippen LogP contribution is 2.49. The quantitative estimate of drug-likeness (QED) is 0.216. The lowest BCUT2D eigenvalue weighted by Gasteiger charge is -2.52. The van der Waals surface area contributed by atoms with Crippen LogP contribution in [0.15, 0.2) is 176 Å². The second-order valence-electron chi connectivity index (χ2n) is 18.4. The van der Waals surface area contributed by atoms with Gasteiger partial charge in [0.1, 0.15) is 0 Å². The SMILES string of the molecule is C.c1ccc2c(c1)Nc1cccc3c1B2c1cccc2c1N3c1cccc3c1B2c1cccc2c1N3c1cccc3c1B2c1cccc2c1N3c1cccc3c1B2c1ccccc1N3. The summed E-state index contributed by atoms with van der Waals surface area (Å²) >= 11 is 0. The molecule has 292 valence electrons. The van der Waals surface area contributed by atoms with Crippen LogP contribution in [0, 0.1) is 0 Å². The fourth-order valence-corrected chi connectivity index (χ4v) is 13.7. The van der Waals surface area contributed by atoms with Gasteiger partial charge in [0.2, 0.25) is 0 Å². The maximum absolute atomic E-state index is 3.83. The summed E-state index contributed by atoms with van der Waals surface area (Å²) in [5.74, 6) is 0. The molecule has 17 rings (SSSR count). The molecule has 0 amide bonds. The van der Waals surface area contributed by atoms with Gasteiger partial charge in [0.15, 0.2) is 0 Å². The molecule has 5 nitrogen and oxygen atoms in total. The standard InChI is InChI=1S/C54H31B4N5.CH4/c1-3-20-38-30(12-1)55-32-14-5-16-34-52(32)61(42-24-8-22-40(59-38)48(42)55)44-26-10-28-46-50(44)57(34)36-18-7-19-37-54(36)63(46)47-29-11-27-45-51(47)58(37)35-17-6-15-33-53(35)62(45)43-25-9-23-41-49(43)56(33)31-13-2-4-21-39(31)60-41;/h1-29,59-60H;1H4. The first kappa shape index (κ1) is 33.8. The third-order valence-electron chi connectivity index (χ3n) is 15.8. The molecule has 0 saturated heterocycles. The van der Waals surface area contributed by atoms with Crippen LogP contribution in [0.3, 0.4) is 0 Å². The van der Waals surface area contributed by atoms with Crippen molar-refractivity contribution >= 4 is 166 Å². The first-order valence-electron chi connectivity index (χ1n) is 22.3. The first-order chi connectivity index (χ1) is 31.3. The van der Waals surface area contributed by atoms with Crippen molar-refractivity contribution < 1.29 is 0 Å². The Hall–Kier alpha value is -7.76. The predicted octanol–water partition coefficient (Wildman–Crippen LogP) is 4.79. The number of hydrogen-bond donors (Lipinski definition) is 2. The van der Waals surface area contributed by atoms with Crippen LogP contribution in [-0.4, -0.2) is 26.9 Å². The molecule has 0 aromatic heterocycles. The molecule has 0 bridgehead atoms. The Kier molecular flexibility index (Phi) is 6.04.